The summed E-state index contributed by atoms with van der Waals surface area (Å²) in [5.41, 5.74) is 0.738. The highest BCUT2D eigenvalue weighted by molar-refractivity contribution is 7.93. The average Bonchev–Trinajstić information content (AvgIpc) is 2.39. The van der Waals surface area contributed by atoms with Gasteiger partial charge in [0.2, 0.25) is 0 Å². The van der Waals surface area contributed by atoms with Gasteiger partial charge < -0.3 is 0 Å². The Morgan fingerprint density at radius 2 is 2.10 bits per heavy atom. The van der Waals surface area contributed by atoms with Gasteiger partial charge in [0.15, 0.2) is 0 Å². The highest BCUT2D eigenvalue weighted by atomic mass is 35.5. The molecule has 0 aliphatic heterocycles. The molecular formula is C14H13ClN2O2S. The van der Waals surface area contributed by atoms with Gasteiger partial charge in [-0.1, -0.05) is 29.8 Å². The fraction of sp³-hybridized carbons (Fsp3) is 0.143. The van der Waals surface area contributed by atoms with Crippen LogP contribution in [0.5, 0.6) is 0 Å². The van der Waals surface area contributed by atoms with Gasteiger partial charge in [-0.25, -0.2) is 9.19 Å². The zero-order valence-corrected chi connectivity index (χ0v) is 12.4. The van der Waals surface area contributed by atoms with Crippen molar-refractivity contribution in [2.75, 3.05) is 6.26 Å². The number of hydrogen-bond acceptors (Lipinski definition) is 3. The molecule has 0 aliphatic rings. The molecule has 0 saturated carbocycles. The summed E-state index contributed by atoms with van der Waals surface area (Å²) in [6.07, 6.45) is 3.00. The Morgan fingerprint density at radius 3 is 2.75 bits per heavy atom. The van der Waals surface area contributed by atoms with Crippen molar-refractivity contribution in [2.24, 2.45) is 4.36 Å². The topological polar surface area (TPSA) is 59.4 Å². The van der Waals surface area contributed by atoms with Crippen molar-refractivity contribution in [1.82, 2.24) is 4.98 Å². The Morgan fingerprint density at radius 1 is 1.30 bits per heavy atom. The second kappa shape index (κ2) is 6.15. The van der Waals surface area contributed by atoms with E-state index >= 15 is 0 Å². The highest BCUT2D eigenvalue weighted by Crippen LogP contribution is 2.13. The summed E-state index contributed by atoms with van der Waals surface area (Å²) in [5.74, 6) is -0.453. The second-order valence-electron chi connectivity index (χ2n) is 4.26. The van der Waals surface area contributed by atoms with Gasteiger partial charge in [0, 0.05) is 17.5 Å². The number of halogens is 1. The number of rotatable bonds is 3. The Labute approximate surface area is 123 Å². The molecule has 1 amide bonds. The van der Waals surface area contributed by atoms with Gasteiger partial charge in [-0.15, -0.1) is 0 Å². The van der Waals surface area contributed by atoms with Crippen LogP contribution < -0.4 is 0 Å². The monoisotopic (exact) mass is 308 g/mol. The summed E-state index contributed by atoms with van der Waals surface area (Å²) < 4.78 is 16.2. The number of amides is 1. The third-order valence-corrected chi connectivity index (χ3v) is 4.35. The molecule has 1 atom stereocenters. The van der Waals surface area contributed by atoms with Crippen LogP contribution in [0.2, 0.25) is 5.02 Å². The molecular weight excluding hydrogens is 296 g/mol. The van der Waals surface area contributed by atoms with Crippen LogP contribution in [0, 0.1) is 0 Å². The third kappa shape index (κ3) is 3.88. The number of nitrogens with zero attached hydrogens (tertiary/aromatic N) is 2. The third-order valence-electron chi connectivity index (χ3n) is 2.55. The van der Waals surface area contributed by atoms with Crippen molar-refractivity contribution in [2.45, 2.75) is 11.4 Å². The summed E-state index contributed by atoms with van der Waals surface area (Å²) in [4.78, 5) is 15.9. The molecule has 0 saturated heterocycles. The molecule has 0 N–H and O–H groups in total. The Bertz CT molecular complexity index is 738. The van der Waals surface area contributed by atoms with Crippen molar-refractivity contribution in [1.29, 1.82) is 0 Å². The van der Waals surface area contributed by atoms with Crippen LogP contribution in [0.4, 0.5) is 0 Å². The van der Waals surface area contributed by atoms with Crippen molar-refractivity contribution in [3.8, 4) is 0 Å². The quantitative estimate of drug-likeness (QED) is 0.876. The van der Waals surface area contributed by atoms with E-state index in [4.69, 9.17) is 11.6 Å². The van der Waals surface area contributed by atoms with Crippen LogP contribution in [0.3, 0.4) is 0 Å². The van der Waals surface area contributed by atoms with Crippen molar-refractivity contribution in [3.05, 3.63) is 59.2 Å². The van der Waals surface area contributed by atoms with E-state index in [0.717, 1.165) is 5.56 Å². The van der Waals surface area contributed by atoms with E-state index in [1.54, 1.807) is 42.5 Å². The summed E-state index contributed by atoms with van der Waals surface area (Å²) in [6, 6.07) is 12.0. The first kappa shape index (κ1) is 14.7. The summed E-state index contributed by atoms with van der Waals surface area (Å²) in [7, 11) is -2.81. The van der Waals surface area contributed by atoms with Gasteiger partial charge in [0.05, 0.1) is 16.1 Å². The van der Waals surface area contributed by atoms with Crippen LogP contribution >= 0.6 is 11.6 Å². The molecule has 20 heavy (non-hydrogen) atoms. The van der Waals surface area contributed by atoms with E-state index in [1.165, 1.54) is 12.5 Å². The zero-order chi connectivity index (χ0) is 14.6. The van der Waals surface area contributed by atoms with E-state index in [0.29, 0.717) is 10.0 Å². The number of pyridine rings is 1. The van der Waals surface area contributed by atoms with E-state index in [2.05, 4.69) is 9.35 Å². The van der Waals surface area contributed by atoms with Crippen LogP contribution in [-0.4, -0.2) is 21.4 Å². The first-order chi connectivity index (χ1) is 9.47. The molecule has 1 heterocycles. The van der Waals surface area contributed by atoms with Gasteiger partial charge in [-0.05, 0) is 29.8 Å². The Hall–Kier alpha value is -1.72. The number of benzene rings is 1. The van der Waals surface area contributed by atoms with Crippen molar-refractivity contribution < 1.29 is 9.00 Å². The molecule has 1 unspecified atom stereocenters. The fourth-order valence-corrected chi connectivity index (χ4v) is 3.01. The second-order valence-corrected chi connectivity index (χ2v) is 6.90. The fourth-order valence-electron chi connectivity index (χ4n) is 1.67. The predicted molar refractivity (Wildman–Crippen MR) is 79.2 cm³/mol. The minimum Gasteiger partial charge on any atom is -0.272 e. The van der Waals surface area contributed by atoms with Crippen LogP contribution in [0.1, 0.15) is 5.56 Å². The first-order valence-electron chi connectivity index (χ1n) is 5.88. The molecule has 1 aromatic heterocycles. The minimum atomic E-state index is -2.81. The molecule has 0 spiro atoms. The zero-order valence-electron chi connectivity index (χ0n) is 10.8. The smallest absolute Gasteiger partial charge is 0.258 e. The lowest BCUT2D eigenvalue weighted by molar-refractivity contribution is -0.117. The SMILES string of the molecule is CS(=O)(=NC(=O)Cc1cccc(Cl)c1)c1ccccn1. The highest BCUT2D eigenvalue weighted by Gasteiger charge is 2.11. The maximum atomic E-state index is 12.4. The largest absolute Gasteiger partial charge is 0.272 e. The molecule has 1 aromatic carbocycles. The number of aromatic nitrogens is 1. The minimum absolute atomic E-state index is 0.0677. The van der Waals surface area contributed by atoms with Crippen molar-refractivity contribution in [3.63, 3.8) is 0 Å². The lowest BCUT2D eigenvalue weighted by atomic mass is 10.1. The molecule has 0 fully saturated rings. The first-order valence-corrected chi connectivity index (χ1v) is 8.18. The van der Waals surface area contributed by atoms with Gasteiger partial charge in [0.1, 0.15) is 5.03 Å². The normalized spacial score (nSPS) is 13.5. The molecule has 0 radical (unpaired) electrons. The maximum absolute atomic E-state index is 12.4. The lowest BCUT2D eigenvalue weighted by Gasteiger charge is -2.03. The summed E-state index contributed by atoms with van der Waals surface area (Å²) in [5, 5.41) is 0.858. The van der Waals surface area contributed by atoms with E-state index in [9.17, 15) is 9.00 Å². The molecule has 0 aliphatic carbocycles. The number of carbonyl (C=O) groups excluding carboxylic acids is 1. The maximum Gasteiger partial charge on any atom is 0.258 e. The molecule has 4 nitrogen and oxygen atoms in total. The summed E-state index contributed by atoms with van der Waals surface area (Å²) in [6.45, 7) is 0. The van der Waals surface area contributed by atoms with E-state index in [1.807, 2.05) is 0 Å². The lowest BCUT2D eigenvalue weighted by Crippen LogP contribution is -2.07. The standard InChI is InChI=1S/C14H13ClN2O2S/c1-20(19,14-7-2-3-8-16-14)17-13(18)10-11-5-4-6-12(15)9-11/h2-9H,10H2,1H3. The molecule has 6 heteroatoms. The van der Waals surface area contributed by atoms with Gasteiger partial charge >= 0.3 is 0 Å². The van der Waals surface area contributed by atoms with E-state index < -0.39 is 15.6 Å². The number of hydrogen-bond donors (Lipinski definition) is 0. The molecule has 0 bridgehead atoms. The Balaban J connectivity index is 2.22. The van der Waals surface area contributed by atoms with Gasteiger partial charge in [0.25, 0.3) is 5.91 Å². The molecule has 104 valence electrons. The van der Waals surface area contributed by atoms with E-state index in [-0.39, 0.29) is 6.42 Å². The molecule has 2 aromatic rings. The van der Waals surface area contributed by atoms with Crippen LogP contribution in [0.25, 0.3) is 0 Å². The van der Waals surface area contributed by atoms with Crippen LogP contribution in [0.15, 0.2) is 58.1 Å². The molecule has 2 rings (SSSR count). The van der Waals surface area contributed by atoms with Gasteiger partial charge in [-0.3, -0.25) is 4.79 Å². The summed E-state index contributed by atoms with van der Waals surface area (Å²) >= 11 is 5.85. The van der Waals surface area contributed by atoms with Crippen LogP contribution in [-0.2, 0) is 20.9 Å². The van der Waals surface area contributed by atoms with Gasteiger partial charge in [-0.2, -0.15) is 4.36 Å². The average molecular weight is 309 g/mol. The Kier molecular flexibility index (Phi) is 4.52. The number of carbonyl (C=O) groups is 1. The van der Waals surface area contributed by atoms with Crippen molar-refractivity contribution >= 4 is 27.2 Å². The predicted octanol–water partition coefficient (Wildman–Crippen LogP) is 2.96.